The third-order valence-electron chi connectivity index (χ3n) is 3.85. The molecule has 0 amide bonds. The SMILES string of the molecule is Cc1ccc2nc(CCc3ccc(N)c(O)c3)c(C)n2c1. The number of phenols is 1. The van der Waals surface area contributed by atoms with Gasteiger partial charge < -0.3 is 15.2 Å². The fraction of sp³-hybridized carbons (Fsp3) is 0.235. The summed E-state index contributed by atoms with van der Waals surface area (Å²) in [6.07, 6.45) is 3.78. The van der Waals surface area contributed by atoms with E-state index in [4.69, 9.17) is 5.73 Å². The van der Waals surface area contributed by atoms with Crippen molar-refractivity contribution in [3.05, 3.63) is 59.0 Å². The van der Waals surface area contributed by atoms with E-state index in [0.29, 0.717) is 5.69 Å². The number of aromatic hydroxyl groups is 1. The van der Waals surface area contributed by atoms with Crippen LogP contribution in [0.2, 0.25) is 0 Å². The Morgan fingerprint density at radius 1 is 1.14 bits per heavy atom. The largest absolute Gasteiger partial charge is 0.506 e. The van der Waals surface area contributed by atoms with E-state index in [2.05, 4.69) is 35.5 Å². The predicted molar refractivity (Wildman–Crippen MR) is 84.6 cm³/mol. The highest BCUT2D eigenvalue weighted by molar-refractivity contribution is 5.53. The van der Waals surface area contributed by atoms with Crippen LogP contribution in [-0.2, 0) is 12.8 Å². The fourth-order valence-electron chi connectivity index (χ4n) is 2.56. The van der Waals surface area contributed by atoms with Crippen LogP contribution >= 0.6 is 0 Å². The van der Waals surface area contributed by atoms with Gasteiger partial charge in [0.15, 0.2) is 0 Å². The summed E-state index contributed by atoms with van der Waals surface area (Å²) >= 11 is 0. The molecule has 108 valence electrons. The van der Waals surface area contributed by atoms with Crippen LogP contribution in [0.4, 0.5) is 5.69 Å². The lowest BCUT2D eigenvalue weighted by molar-refractivity contribution is 0.477. The molecule has 3 aromatic rings. The average Bonchev–Trinajstić information content (AvgIpc) is 2.77. The summed E-state index contributed by atoms with van der Waals surface area (Å²) in [5, 5.41) is 9.65. The fourth-order valence-corrected chi connectivity index (χ4v) is 2.56. The van der Waals surface area contributed by atoms with E-state index < -0.39 is 0 Å². The third kappa shape index (κ3) is 2.57. The van der Waals surface area contributed by atoms with Gasteiger partial charge >= 0.3 is 0 Å². The first-order valence-corrected chi connectivity index (χ1v) is 7.06. The molecule has 3 rings (SSSR count). The van der Waals surface area contributed by atoms with E-state index >= 15 is 0 Å². The maximum absolute atomic E-state index is 9.65. The Morgan fingerprint density at radius 3 is 2.71 bits per heavy atom. The highest BCUT2D eigenvalue weighted by Crippen LogP contribution is 2.22. The minimum absolute atomic E-state index is 0.148. The molecule has 0 aliphatic rings. The molecule has 0 fully saturated rings. The van der Waals surface area contributed by atoms with Crippen molar-refractivity contribution in [3.63, 3.8) is 0 Å². The molecule has 0 saturated carbocycles. The molecule has 0 bridgehead atoms. The molecule has 0 radical (unpaired) electrons. The Hall–Kier alpha value is -2.49. The quantitative estimate of drug-likeness (QED) is 0.573. The number of pyridine rings is 1. The number of hydrogen-bond donors (Lipinski definition) is 2. The molecule has 0 unspecified atom stereocenters. The van der Waals surface area contributed by atoms with Crippen molar-refractivity contribution >= 4 is 11.3 Å². The number of rotatable bonds is 3. The van der Waals surface area contributed by atoms with Gasteiger partial charge in [0.1, 0.15) is 11.4 Å². The topological polar surface area (TPSA) is 63.5 Å². The van der Waals surface area contributed by atoms with Crippen LogP contribution in [0.5, 0.6) is 5.75 Å². The van der Waals surface area contributed by atoms with Crippen LogP contribution < -0.4 is 5.73 Å². The predicted octanol–water partition coefficient (Wildman–Crippen LogP) is 3.02. The summed E-state index contributed by atoms with van der Waals surface area (Å²) in [6, 6.07) is 9.53. The van der Waals surface area contributed by atoms with Crippen molar-refractivity contribution in [1.29, 1.82) is 0 Å². The average molecular weight is 281 g/mol. The molecule has 3 N–H and O–H groups in total. The lowest BCUT2D eigenvalue weighted by Crippen LogP contribution is -1.96. The van der Waals surface area contributed by atoms with Crippen LogP contribution in [0, 0.1) is 13.8 Å². The van der Waals surface area contributed by atoms with Crippen molar-refractivity contribution in [3.8, 4) is 5.75 Å². The van der Waals surface area contributed by atoms with Crippen molar-refractivity contribution < 1.29 is 5.11 Å². The molecule has 4 heteroatoms. The van der Waals surface area contributed by atoms with Crippen molar-refractivity contribution in [2.24, 2.45) is 0 Å². The van der Waals surface area contributed by atoms with E-state index in [1.54, 1.807) is 12.1 Å². The van der Waals surface area contributed by atoms with Gasteiger partial charge in [0.2, 0.25) is 0 Å². The van der Waals surface area contributed by atoms with Gasteiger partial charge in [-0.3, -0.25) is 0 Å². The number of nitrogens with zero attached hydrogens (tertiary/aromatic N) is 2. The highest BCUT2D eigenvalue weighted by atomic mass is 16.3. The number of nitrogens with two attached hydrogens (primary N) is 1. The van der Waals surface area contributed by atoms with Crippen LogP contribution in [0.15, 0.2) is 36.5 Å². The lowest BCUT2D eigenvalue weighted by atomic mass is 10.1. The zero-order valence-electron chi connectivity index (χ0n) is 12.3. The standard InChI is InChI=1S/C17H19N3O/c1-11-3-8-17-19-15(12(2)20(17)10-11)7-5-13-4-6-14(18)16(21)9-13/h3-4,6,8-10,21H,5,7,18H2,1-2H3. The maximum Gasteiger partial charge on any atom is 0.138 e. The number of hydrogen-bond acceptors (Lipinski definition) is 3. The number of aryl methyl sites for hydroxylation is 4. The van der Waals surface area contributed by atoms with Crippen LogP contribution in [-0.4, -0.2) is 14.5 Å². The third-order valence-corrected chi connectivity index (χ3v) is 3.85. The summed E-state index contributed by atoms with van der Waals surface area (Å²) in [7, 11) is 0. The van der Waals surface area contributed by atoms with E-state index in [0.717, 1.165) is 29.7 Å². The molecule has 1 aromatic carbocycles. The molecule has 0 aliphatic heterocycles. The molecule has 0 aliphatic carbocycles. The van der Waals surface area contributed by atoms with E-state index in [1.165, 1.54) is 11.3 Å². The molecular weight excluding hydrogens is 262 g/mol. The van der Waals surface area contributed by atoms with Crippen LogP contribution in [0.3, 0.4) is 0 Å². The summed E-state index contributed by atoms with van der Waals surface area (Å²) in [4.78, 5) is 4.68. The number of benzene rings is 1. The summed E-state index contributed by atoms with van der Waals surface area (Å²) in [6.45, 7) is 4.17. The molecule has 0 saturated heterocycles. The smallest absolute Gasteiger partial charge is 0.138 e. The Labute approximate surface area is 123 Å². The molecule has 0 atom stereocenters. The zero-order chi connectivity index (χ0) is 15.0. The molecule has 4 nitrogen and oxygen atoms in total. The number of nitrogen functional groups attached to an aromatic ring is 1. The van der Waals surface area contributed by atoms with Crippen LogP contribution in [0.1, 0.15) is 22.5 Å². The first kappa shape index (κ1) is 13.5. The second-order valence-electron chi connectivity index (χ2n) is 5.47. The van der Waals surface area contributed by atoms with Gasteiger partial charge in [-0.05, 0) is 56.0 Å². The zero-order valence-corrected chi connectivity index (χ0v) is 12.3. The summed E-state index contributed by atoms with van der Waals surface area (Å²) in [5.41, 5.74) is 11.6. The van der Waals surface area contributed by atoms with Gasteiger partial charge in [0, 0.05) is 11.9 Å². The molecular formula is C17H19N3O. The van der Waals surface area contributed by atoms with E-state index in [1.807, 2.05) is 12.1 Å². The molecule has 21 heavy (non-hydrogen) atoms. The van der Waals surface area contributed by atoms with E-state index in [-0.39, 0.29) is 5.75 Å². The summed E-state index contributed by atoms with van der Waals surface area (Å²) in [5.74, 6) is 0.148. The first-order chi connectivity index (χ1) is 10.0. The van der Waals surface area contributed by atoms with Gasteiger partial charge in [-0.25, -0.2) is 4.98 Å². The minimum Gasteiger partial charge on any atom is -0.506 e. The summed E-state index contributed by atoms with van der Waals surface area (Å²) < 4.78 is 2.13. The Balaban J connectivity index is 1.84. The number of imidazole rings is 1. The van der Waals surface area contributed by atoms with Gasteiger partial charge in [-0.15, -0.1) is 0 Å². The number of phenolic OH excluding ortho intramolecular Hbond substituents is 1. The van der Waals surface area contributed by atoms with Gasteiger partial charge in [0.25, 0.3) is 0 Å². The Bertz CT molecular complexity index is 805. The van der Waals surface area contributed by atoms with Gasteiger partial charge in [0.05, 0.1) is 11.4 Å². The van der Waals surface area contributed by atoms with Crippen LogP contribution in [0.25, 0.3) is 5.65 Å². The highest BCUT2D eigenvalue weighted by Gasteiger charge is 2.09. The Kier molecular flexibility index (Phi) is 3.29. The Morgan fingerprint density at radius 2 is 1.95 bits per heavy atom. The van der Waals surface area contributed by atoms with E-state index in [9.17, 15) is 5.11 Å². The number of anilines is 1. The normalized spacial score (nSPS) is 11.1. The first-order valence-electron chi connectivity index (χ1n) is 7.06. The molecule has 2 heterocycles. The lowest BCUT2D eigenvalue weighted by Gasteiger charge is -2.04. The van der Waals surface area contributed by atoms with Gasteiger partial charge in [-0.2, -0.15) is 0 Å². The monoisotopic (exact) mass is 281 g/mol. The second-order valence-corrected chi connectivity index (χ2v) is 5.47. The number of aromatic nitrogens is 2. The second kappa shape index (κ2) is 5.13. The minimum atomic E-state index is 0.148. The van der Waals surface area contributed by atoms with Crippen molar-refractivity contribution in [1.82, 2.24) is 9.38 Å². The molecule has 2 aromatic heterocycles. The van der Waals surface area contributed by atoms with Crippen molar-refractivity contribution in [2.75, 3.05) is 5.73 Å². The maximum atomic E-state index is 9.65. The number of fused-ring (bicyclic) bond motifs is 1. The molecule has 0 spiro atoms. The van der Waals surface area contributed by atoms with Crippen molar-refractivity contribution in [2.45, 2.75) is 26.7 Å². The van der Waals surface area contributed by atoms with Gasteiger partial charge in [-0.1, -0.05) is 12.1 Å².